The molecule has 106 valence electrons. The van der Waals surface area contributed by atoms with E-state index in [0.717, 1.165) is 19.3 Å². The van der Waals surface area contributed by atoms with Gasteiger partial charge in [-0.25, -0.2) is 0 Å². The van der Waals surface area contributed by atoms with E-state index in [1.54, 1.807) is 0 Å². The Labute approximate surface area is 118 Å². The fourth-order valence-corrected chi connectivity index (χ4v) is 3.56. The van der Waals surface area contributed by atoms with Gasteiger partial charge in [-0.05, 0) is 48.5 Å². The van der Waals surface area contributed by atoms with Crippen LogP contribution in [0.15, 0.2) is 30.3 Å². The number of benzene rings is 1. The lowest BCUT2D eigenvalue weighted by atomic mass is 9.65. The molecule has 0 saturated heterocycles. The monoisotopic (exact) mass is 260 g/mol. The van der Waals surface area contributed by atoms with Gasteiger partial charge in [-0.15, -0.1) is 0 Å². The number of hydrogen-bond donors (Lipinski definition) is 1. The standard InChI is InChI=1S/C18H28O/c1-14-9-10-16(17(19)13-14)18(2,3)12-11-15-7-5-4-6-8-15/h4-8,14,16-17,19H,9-13H2,1-3H3. The highest BCUT2D eigenvalue weighted by Crippen LogP contribution is 2.42. The second kappa shape index (κ2) is 6.09. The van der Waals surface area contributed by atoms with Gasteiger partial charge in [0, 0.05) is 0 Å². The van der Waals surface area contributed by atoms with Crippen molar-refractivity contribution < 1.29 is 5.11 Å². The van der Waals surface area contributed by atoms with E-state index < -0.39 is 0 Å². The minimum atomic E-state index is -0.102. The zero-order valence-electron chi connectivity index (χ0n) is 12.6. The molecular formula is C18H28O. The van der Waals surface area contributed by atoms with Gasteiger partial charge in [0.05, 0.1) is 6.10 Å². The third kappa shape index (κ3) is 3.82. The quantitative estimate of drug-likeness (QED) is 0.848. The topological polar surface area (TPSA) is 20.2 Å². The Morgan fingerprint density at radius 1 is 1.16 bits per heavy atom. The first-order chi connectivity index (χ1) is 8.99. The molecule has 1 fully saturated rings. The van der Waals surface area contributed by atoms with Crippen LogP contribution in [-0.4, -0.2) is 11.2 Å². The molecule has 1 heteroatoms. The van der Waals surface area contributed by atoms with Crippen LogP contribution in [0, 0.1) is 17.3 Å². The highest BCUT2D eigenvalue weighted by molar-refractivity contribution is 5.15. The minimum absolute atomic E-state index is 0.102. The van der Waals surface area contributed by atoms with E-state index in [0.29, 0.717) is 11.8 Å². The molecule has 1 aromatic rings. The third-order valence-electron chi connectivity index (χ3n) is 4.98. The summed E-state index contributed by atoms with van der Waals surface area (Å²) in [6.45, 7) is 6.93. The highest BCUT2D eigenvalue weighted by atomic mass is 16.3. The molecule has 0 amide bonds. The maximum atomic E-state index is 10.4. The van der Waals surface area contributed by atoms with Gasteiger partial charge in [0.1, 0.15) is 0 Å². The van der Waals surface area contributed by atoms with Gasteiger partial charge in [-0.3, -0.25) is 0 Å². The summed E-state index contributed by atoms with van der Waals surface area (Å²) >= 11 is 0. The Balaban J connectivity index is 1.94. The van der Waals surface area contributed by atoms with E-state index in [2.05, 4.69) is 51.1 Å². The van der Waals surface area contributed by atoms with Crippen molar-refractivity contribution in [1.82, 2.24) is 0 Å². The molecule has 0 aliphatic heterocycles. The summed E-state index contributed by atoms with van der Waals surface area (Å²) in [6.07, 6.45) is 5.62. The molecule has 0 radical (unpaired) electrons. The van der Waals surface area contributed by atoms with Crippen LogP contribution < -0.4 is 0 Å². The molecule has 0 heterocycles. The minimum Gasteiger partial charge on any atom is -0.393 e. The summed E-state index contributed by atoms with van der Waals surface area (Å²) in [5.74, 6) is 1.16. The maximum Gasteiger partial charge on any atom is 0.0576 e. The van der Waals surface area contributed by atoms with Crippen LogP contribution in [0.5, 0.6) is 0 Å². The summed E-state index contributed by atoms with van der Waals surface area (Å²) in [6, 6.07) is 10.7. The van der Waals surface area contributed by atoms with Crippen molar-refractivity contribution in [1.29, 1.82) is 0 Å². The second-order valence-corrected chi connectivity index (χ2v) is 7.07. The first-order valence-corrected chi connectivity index (χ1v) is 7.71. The molecule has 1 aliphatic rings. The van der Waals surface area contributed by atoms with Crippen LogP contribution in [-0.2, 0) is 6.42 Å². The summed E-state index contributed by atoms with van der Waals surface area (Å²) in [5, 5.41) is 10.4. The summed E-state index contributed by atoms with van der Waals surface area (Å²) < 4.78 is 0. The molecule has 3 unspecified atom stereocenters. The van der Waals surface area contributed by atoms with E-state index in [-0.39, 0.29) is 11.5 Å². The molecule has 3 atom stereocenters. The van der Waals surface area contributed by atoms with Crippen molar-refractivity contribution in [2.24, 2.45) is 17.3 Å². The summed E-state index contributed by atoms with van der Waals surface area (Å²) in [7, 11) is 0. The average molecular weight is 260 g/mol. The van der Waals surface area contributed by atoms with E-state index >= 15 is 0 Å². The Kier molecular flexibility index (Phi) is 4.67. The molecule has 0 aromatic heterocycles. The predicted octanol–water partition coefficient (Wildman–Crippen LogP) is 4.44. The number of aryl methyl sites for hydroxylation is 1. The molecule has 1 aliphatic carbocycles. The fourth-order valence-electron chi connectivity index (χ4n) is 3.56. The van der Waals surface area contributed by atoms with Crippen LogP contribution in [0.25, 0.3) is 0 Å². The lowest BCUT2D eigenvalue weighted by molar-refractivity contribution is -0.0158. The third-order valence-corrected chi connectivity index (χ3v) is 4.98. The average Bonchev–Trinajstić information content (AvgIpc) is 2.37. The van der Waals surface area contributed by atoms with Crippen molar-refractivity contribution in [2.45, 2.75) is 59.0 Å². The van der Waals surface area contributed by atoms with Gasteiger partial charge >= 0.3 is 0 Å². The second-order valence-electron chi connectivity index (χ2n) is 7.07. The van der Waals surface area contributed by atoms with Crippen molar-refractivity contribution in [3.8, 4) is 0 Å². The Morgan fingerprint density at radius 3 is 2.47 bits per heavy atom. The van der Waals surface area contributed by atoms with E-state index in [1.807, 2.05) is 0 Å². The van der Waals surface area contributed by atoms with Gasteiger partial charge < -0.3 is 5.11 Å². The predicted molar refractivity (Wildman–Crippen MR) is 81.1 cm³/mol. The number of rotatable bonds is 4. The van der Waals surface area contributed by atoms with Crippen molar-refractivity contribution >= 4 is 0 Å². The van der Waals surface area contributed by atoms with Crippen molar-refractivity contribution in [2.75, 3.05) is 0 Å². The number of aliphatic hydroxyl groups is 1. The lowest BCUT2D eigenvalue weighted by Gasteiger charge is -2.42. The van der Waals surface area contributed by atoms with Crippen molar-refractivity contribution in [3.05, 3.63) is 35.9 Å². The molecule has 1 nitrogen and oxygen atoms in total. The van der Waals surface area contributed by atoms with Gasteiger partial charge in [-0.1, -0.05) is 57.5 Å². The Hall–Kier alpha value is -0.820. The zero-order chi connectivity index (χ0) is 13.9. The molecule has 0 bridgehead atoms. The lowest BCUT2D eigenvalue weighted by Crippen LogP contribution is -2.38. The first kappa shape index (κ1) is 14.6. The van der Waals surface area contributed by atoms with E-state index in [1.165, 1.54) is 18.4 Å². The number of aliphatic hydroxyl groups excluding tert-OH is 1. The van der Waals surface area contributed by atoms with Crippen LogP contribution >= 0.6 is 0 Å². The largest absolute Gasteiger partial charge is 0.393 e. The van der Waals surface area contributed by atoms with Gasteiger partial charge in [0.2, 0.25) is 0 Å². The van der Waals surface area contributed by atoms with Crippen LogP contribution in [0.3, 0.4) is 0 Å². The normalized spacial score (nSPS) is 28.3. The molecule has 1 aromatic carbocycles. The zero-order valence-corrected chi connectivity index (χ0v) is 12.6. The SMILES string of the molecule is CC1CCC(C(C)(C)CCc2ccccc2)C(O)C1. The van der Waals surface area contributed by atoms with Crippen molar-refractivity contribution in [3.63, 3.8) is 0 Å². The summed E-state index contributed by atoms with van der Waals surface area (Å²) in [4.78, 5) is 0. The van der Waals surface area contributed by atoms with Gasteiger partial charge in [0.15, 0.2) is 0 Å². The van der Waals surface area contributed by atoms with Crippen LogP contribution in [0.1, 0.15) is 52.0 Å². The molecular weight excluding hydrogens is 232 g/mol. The summed E-state index contributed by atoms with van der Waals surface area (Å²) in [5.41, 5.74) is 1.64. The maximum absolute atomic E-state index is 10.4. The smallest absolute Gasteiger partial charge is 0.0576 e. The number of hydrogen-bond acceptors (Lipinski definition) is 1. The molecule has 1 N–H and O–H groups in total. The first-order valence-electron chi connectivity index (χ1n) is 7.71. The molecule has 2 rings (SSSR count). The van der Waals surface area contributed by atoms with Crippen LogP contribution in [0.4, 0.5) is 0 Å². The van der Waals surface area contributed by atoms with Crippen LogP contribution in [0.2, 0.25) is 0 Å². The highest BCUT2D eigenvalue weighted by Gasteiger charge is 2.37. The Bertz CT molecular complexity index is 382. The van der Waals surface area contributed by atoms with Gasteiger partial charge in [0.25, 0.3) is 0 Å². The Morgan fingerprint density at radius 2 is 1.84 bits per heavy atom. The molecule has 1 saturated carbocycles. The van der Waals surface area contributed by atoms with Gasteiger partial charge in [-0.2, -0.15) is 0 Å². The van der Waals surface area contributed by atoms with E-state index in [9.17, 15) is 5.11 Å². The fraction of sp³-hybridized carbons (Fsp3) is 0.667. The molecule has 0 spiro atoms. The molecule has 19 heavy (non-hydrogen) atoms. The van der Waals surface area contributed by atoms with E-state index in [4.69, 9.17) is 0 Å².